The minimum Gasteiger partial charge on any atom is -0.465 e. The smallest absolute Gasteiger partial charge is 0.314 e. The SMILES string of the molecule is CCOC(=O)[C@@H](CN)c1ccc(C)cc1. The zero-order chi connectivity index (χ0) is 11.3. The Morgan fingerprint density at radius 3 is 2.47 bits per heavy atom. The summed E-state index contributed by atoms with van der Waals surface area (Å²) in [5, 5.41) is 0. The van der Waals surface area contributed by atoms with Crippen LogP contribution < -0.4 is 5.73 Å². The summed E-state index contributed by atoms with van der Waals surface area (Å²) in [5.41, 5.74) is 7.66. The molecule has 0 amide bonds. The van der Waals surface area contributed by atoms with Gasteiger partial charge in [-0.05, 0) is 19.4 Å². The molecule has 0 spiro atoms. The van der Waals surface area contributed by atoms with Crippen molar-refractivity contribution in [3.63, 3.8) is 0 Å². The molecule has 0 aliphatic heterocycles. The van der Waals surface area contributed by atoms with Crippen molar-refractivity contribution in [3.8, 4) is 0 Å². The third-order valence-corrected chi connectivity index (χ3v) is 2.29. The first-order chi connectivity index (χ1) is 7.19. The number of nitrogens with two attached hydrogens (primary N) is 1. The molecule has 1 aromatic carbocycles. The van der Waals surface area contributed by atoms with E-state index in [1.165, 1.54) is 5.56 Å². The Balaban J connectivity index is 2.82. The second-order valence-electron chi connectivity index (χ2n) is 3.45. The van der Waals surface area contributed by atoms with Crippen LogP contribution in [0.2, 0.25) is 0 Å². The van der Waals surface area contributed by atoms with E-state index in [9.17, 15) is 4.79 Å². The predicted molar refractivity (Wildman–Crippen MR) is 59.6 cm³/mol. The van der Waals surface area contributed by atoms with Crippen LogP contribution in [-0.2, 0) is 9.53 Å². The minimum atomic E-state index is -0.342. The number of ether oxygens (including phenoxy) is 1. The van der Waals surface area contributed by atoms with E-state index in [1.54, 1.807) is 6.92 Å². The van der Waals surface area contributed by atoms with Gasteiger partial charge in [-0.3, -0.25) is 4.79 Å². The Hall–Kier alpha value is -1.35. The standard InChI is InChI=1S/C12H17NO2/c1-3-15-12(14)11(8-13)10-6-4-9(2)5-7-10/h4-7,11H,3,8,13H2,1-2H3/t11-/m0/s1. The third-order valence-electron chi connectivity index (χ3n) is 2.29. The van der Waals surface area contributed by atoms with Crippen LogP contribution in [0, 0.1) is 6.92 Å². The first-order valence-corrected chi connectivity index (χ1v) is 5.12. The molecule has 0 bridgehead atoms. The number of carbonyl (C=O) groups is 1. The monoisotopic (exact) mass is 207 g/mol. The molecule has 0 aromatic heterocycles. The summed E-state index contributed by atoms with van der Waals surface area (Å²) in [4.78, 5) is 11.6. The summed E-state index contributed by atoms with van der Waals surface area (Å²) >= 11 is 0. The molecule has 3 nitrogen and oxygen atoms in total. The fourth-order valence-corrected chi connectivity index (χ4v) is 1.41. The molecule has 2 N–H and O–H groups in total. The van der Waals surface area contributed by atoms with Gasteiger partial charge in [-0.25, -0.2) is 0 Å². The molecule has 0 unspecified atom stereocenters. The van der Waals surface area contributed by atoms with E-state index in [4.69, 9.17) is 10.5 Å². The number of rotatable bonds is 4. The third kappa shape index (κ3) is 3.06. The molecule has 0 aliphatic carbocycles. The molecule has 15 heavy (non-hydrogen) atoms. The van der Waals surface area contributed by atoms with Crippen molar-refractivity contribution in [1.82, 2.24) is 0 Å². The molecule has 3 heteroatoms. The van der Waals surface area contributed by atoms with Gasteiger partial charge in [0.25, 0.3) is 0 Å². The van der Waals surface area contributed by atoms with E-state index in [2.05, 4.69) is 0 Å². The molecular formula is C12H17NO2. The second kappa shape index (κ2) is 5.51. The van der Waals surface area contributed by atoms with Gasteiger partial charge in [0.05, 0.1) is 12.5 Å². The Labute approximate surface area is 90.2 Å². The van der Waals surface area contributed by atoms with Crippen molar-refractivity contribution in [2.45, 2.75) is 19.8 Å². The highest BCUT2D eigenvalue weighted by Gasteiger charge is 2.19. The number of esters is 1. The molecule has 0 saturated carbocycles. The van der Waals surface area contributed by atoms with Gasteiger partial charge < -0.3 is 10.5 Å². The topological polar surface area (TPSA) is 52.3 Å². The highest BCUT2D eigenvalue weighted by Crippen LogP contribution is 2.16. The van der Waals surface area contributed by atoms with Crippen LogP contribution >= 0.6 is 0 Å². The highest BCUT2D eigenvalue weighted by atomic mass is 16.5. The molecular weight excluding hydrogens is 190 g/mol. The van der Waals surface area contributed by atoms with Gasteiger partial charge in [0, 0.05) is 6.54 Å². The van der Waals surface area contributed by atoms with E-state index >= 15 is 0 Å². The predicted octanol–water partition coefficient (Wildman–Crippen LogP) is 1.60. The normalized spacial score (nSPS) is 12.2. The molecule has 0 saturated heterocycles. The number of benzene rings is 1. The quantitative estimate of drug-likeness (QED) is 0.763. The van der Waals surface area contributed by atoms with Crippen molar-refractivity contribution < 1.29 is 9.53 Å². The number of aryl methyl sites for hydroxylation is 1. The Morgan fingerprint density at radius 2 is 2.00 bits per heavy atom. The lowest BCUT2D eigenvalue weighted by atomic mass is 9.98. The highest BCUT2D eigenvalue weighted by molar-refractivity contribution is 5.78. The van der Waals surface area contributed by atoms with Crippen molar-refractivity contribution in [2.75, 3.05) is 13.2 Å². The number of hydrogen-bond donors (Lipinski definition) is 1. The minimum absolute atomic E-state index is 0.246. The van der Waals surface area contributed by atoms with Crippen molar-refractivity contribution in [3.05, 3.63) is 35.4 Å². The summed E-state index contributed by atoms with van der Waals surface area (Å²) in [6.07, 6.45) is 0. The van der Waals surface area contributed by atoms with E-state index in [0.29, 0.717) is 6.61 Å². The molecule has 0 fully saturated rings. The van der Waals surface area contributed by atoms with Crippen LogP contribution in [0.5, 0.6) is 0 Å². The van der Waals surface area contributed by atoms with Crippen molar-refractivity contribution >= 4 is 5.97 Å². The van der Waals surface area contributed by atoms with Crippen LogP contribution in [0.15, 0.2) is 24.3 Å². The van der Waals surface area contributed by atoms with Crippen LogP contribution in [0.25, 0.3) is 0 Å². The lowest BCUT2D eigenvalue weighted by molar-refractivity contribution is -0.144. The molecule has 1 atom stereocenters. The maximum atomic E-state index is 11.6. The van der Waals surface area contributed by atoms with Crippen LogP contribution in [0.4, 0.5) is 0 Å². The molecule has 1 rings (SSSR count). The Bertz CT molecular complexity index is 319. The summed E-state index contributed by atoms with van der Waals surface area (Å²) in [6.45, 7) is 4.47. The second-order valence-corrected chi connectivity index (χ2v) is 3.45. The zero-order valence-corrected chi connectivity index (χ0v) is 9.19. The first kappa shape index (κ1) is 11.7. The van der Waals surface area contributed by atoms with E-state index in [0.717, 1.165) is 5.56 Å². The van der Waals surface area contributed by atoms with Gasteiger partial charge in [-0.15, -0.1) is 0 Å². The van der Waals surface area contributed by atoms with Crippen LogP contribution in [0.3, 0.4) is 0 Å². The average molecular weight is 207 g/mol. The van der Waals surface area contributed by atoms with Gasteiger partial charge in [0.2, 0.25) is 0 Å². The van der Waals surface area contributed by atoms with Crippen molar-refractivity contribution in [2.24, 2.45) is 5.73 Å². The van der Waals surface area contributed by atoms with Gasteiger partial charge in [-0.2, -0.15) is 0 Å². The van der Waals surface area contributed by atoms with Gasteiger partial charge in [0.1, 0.15) is 0 Å². The molecule has 82 valence electrons. The average Bonchev–Trinajstić information content (AvgIpc) is 2.22. The number of carbonyl (C=O) groups excluding carboxylic acids is 1. The summed E-state index contributed by atoms with van der Waals surface area (Å²) in [7, 11) is 0. The maximum absolute atomic E-state index is 11.6. The largest absolute Gasteiger partial charge is 0.465 e. The van der Waals surface area contributed by atoms with E-state index in [1.807, 2.05) is 31.2 Å². The van der Waals surface area contributed by atoms with Crippen LogP contribution in [0.1, 0.15) is 24.0 Å². The molecule has 0 heterocycles. The van der Waals surface area contributed by atoms with E-state index in [-0.39, 0.29) is 18.4 Å². The van der Waals surface area contributed by atoms with Gasteiger partial charge in [0.15, 0.2) is 0 Å². The first-order valence-electron chi connectivity index (χ1n) is 5.12. The number of hydrogen-bond acceptors (Lipinski definition) is 3. The fourth-order valence-electron chi connectivity index (χ4n) is 1.41. The summed E-state index contributed by atoms with van der Waals surface area (Å²) in [6, 6.07) is 7.78. The molecule has 1 aromatic rings. The molecule has 0 radical (unpaired) electrons. The summed E-state index contributed by atoms with van der Waals surface area (Å²) in [5.74, 6) is -0.589. The van der Waals surface area contributed by atoms with Gasteiger partial charge >= 0.3 is 5.97 Å². The Kier molecular flexibility index (Phi) is 4.31. The van der Waals surface area contributed by atoms with Crippen LogP contribution in [-0.4, -0.2) is 19.1 Å². The van der Waals surface area contributed by atoms with Gasteiger partial charge in [-0.1, -0.05) is 29.8 Å². The fraction of sp³-hybridized carbons (Fsp3) is 0.417. The van der Waals surface area contributed by atoms with Crippen molar-refractivity contribution in [1.29, 1.82) is 0 Å². The summed E-state index contributed by atoms with van der Waals surface area (Å²) < 4.78 is 4.96. The zero-order valence-electron chi connectivity index (χ0n) is 9.19. The lowest BCUT2D eigenvalue weighted by Crippen LogP contribution is -2.23. The molecule has 0 aliphatic rings. The van der Waals surface area contributed by atoms with E-state index < -0.39 is 0 Å². The lowest BCUT2D eigenvalue weighted by Gasteiger charge is -2.13. The Morgan fingerprint density at radius 1 is 1.40 bits per heavy atom. The maximum Gasteiger partial charge on any atom is 0.314 e.